The van der Waals surface area contributed by atoms with Gasteiger partial charge in [0.2, 0.25) is 0 Å². The SMILES string of the molecule is CC(=O)c1cccc(Nc2cc(C(=O)NCCc3ccccc3F)nc(C)n2)c1. The van der Waals surface area contributed by atoms with Gasteiger partial charge in [0.1, 0.15) is 23.2 Å². The van der Waals surface area contributed by atoms with Crippen molar-refractivity contribution < 1.29 is 14.0 Å². The first-order chi connectivity index (χ1) is 13.9. The van der Waals surface area contributed by atoms with Gasteiger partial charge in [0.05, 0.1) is 0 Å². The lowest BCUT2D eigenvalue weighted by Crippen LogP contribution is -2.27. The molecule has 0 aliphatic carbocycles. The zero-order valence-electron chi connectivity index (χ0n) is 16.2. The van der Waals surface area contributed by atoms with E-state index in [1.54, 1.807) is 49.4 Å². The van der Waals surface area contributed by atoms with Gasteiger partial charge in [0, 0.05) is 23.9 Å². The van der Waals surface area contributed by atoms with Gasteiger partial charge in [-0.15, -0.1) is 0 Å². The van der Waals surface area contributed by atoms with E-state index in [9.17, 15) is 14.0 Å². The number of carbonyl (C=O) groups excluding carboxylic acids is 2. The monoisotopic (exact) mass is 392 g/mol. The van der Waals surface area contributed by atoms with Crippen LogP contribution in [0.15, 0.2) is 54.6 Å². The Kier molecular flexibility index (Phi) is 6.29. The second kappa shape index (κ2) is 9.05. The summed E-state index contributed by atoms with van der Waals surface area (Å²) in [5.74, 6) is 0.170. The van der Waals surface area contributed by atoms with E-state index >= 15 is 0 Å². The molecule has 6 nitrogen and oxygen atoms in total. The zero-order chi connectivity index (χ0) is 20.8. The minimum absolute atomic E-state index is 0.0394. The molecule has 0 atom stereocenters. The third kappa shape index (κ3) is 5.44. The van der Waals surface area contributed by atoms with Crippen LogP contribution in [-0.2, 0) is 6.42 Å². The Labute approximate surface area is 168 Å². The summed E-state index contributed by atoms with van der Waals surface area (Å²) in [6, 6.07) is 15.0. The summed E-state index contributed by atoms with van der Waals surface area (Å²) in [6.07, 6.45) is 0.380. The molecule has 0 aliphatic heterocycles. The molecule has 148 valence electrons. The maximum Gasteiger partial charge on any atom is 0.270 e. The van der Waals surface area contributed by atoms with Crippen LogP contribution in [0.1, 0.15) is 39.2 Å². The van der Waals surface area contributed by atoms with Crippen molar-refractivity contribution in [1.82, 2.24) is 15.3 Å². The first kappa shape index (κ1) is 20.1. The van der Waals surface area contributed by atoms with Gasteiger partial charge >= 0.3 is 0 Å². The second-order valence-corrected chi connectivity index (χ2v) is 6.54. The highest BCUT2D eigenvalue weighted by molar-refractivity contribution is 5.95. The molecule has 3 aromatic rings. The Hall–Kier alpha value is -3.61. The normalized spacial score (nSPS) is 10.4. The van der Waals surface area contributed by atoms with Gasteiger partial charge in [-0.25, -0.2) is 14.4 Å². The maximum absolute atomic E-state index is 13.7. The van der Waals surface area contributed by atoms with E-state index in [1.165, 1.54) is 19.1 Å². The minimum Gasteiger partial charge on any atom is -0.350 e. The van der Waals surface area contributed by atoms with Gasteiger partial charge in [0.25, 0.3) is 5.91 Å². The molecule has 29 heavy (non-hydrogen) atoms. The number of hydrogen-bond acceptors (Lipinski definition) is 5. The van der Waals surface area contributed by atoms with Crippen molar-refractivity contribution in [2.24, 2.45) is 0 Å². The number of carbonyl (C=O) groups is 2. The third-order valence-corrected chi connectivity index (χ3v) is 4.25. The van der Waals surface area contributed by atoms with Gasteiger partial charge < -0.3 is 10.6 Å². The Balaban J connectivity index is 1.68. The average Bonchev–Trinajstić information content (AvgIpc) is 2.69. The van der Waals surface area contributed by atoms with Crippen LogP contribution in [0, 0.1) is 12.7 Å². The summed E-state index contributed by atoms with van der Waals surface area (Å²) in [5.41, 5.74) is 2.00. The van der Waals surface area contributed by atoms with E-state index in [-0.39, 0.29) is 29.7 Å². The molecule has 0 saturated heterocycles. The standard InChI is InChI=1S/C22H21FN4O2/c1-14(28)17-7-5-8-18(12-17)27-21-13-20(25-15(2)26-21)22(29)24-11-10-16-6-3-4-9-19(16)23/h3-9,12-13H,10-11H2,1-2H3,(H,24,29)(H,25,26,27). The predicted octanol–water partition coefficient (Wildman–Crippen LogP) is 3.84. The molecule has 1 heterocycles. The van der Waals surface area contributed by atoms with Gasteiger partial charge in [0.15, 0.2) is 5.78 Å². The van der Waals surface area contributed by atoms with Gasteiger partial charge in [-0.05, 0) is 44.0 Å². The molecule has 0 radical (unpaired) electrons. The smallest absolute Gasteiger partial charge is 0.270 e. The summed E-state index contributed by atoms with van der Waals surface area (Å²) < 4.78 is 13.7. The summed E-state index contributed by atoms with van der Waals surface area (Å²) in [5, 5.41) is 5.84. The molecule has 7 heteroatoms. The van der Waals surface area contributed by atoms with Crippen LogP contribution in [0.25, 0.3) is 0 Å². The highest BCUT2D eigenvalue weighted by Crippen LogP contribution is 2.17. The Morgan fingerprint density at radius 3 is 2.59 bits per heavy atom. The molecule has 0 fully saturated rings. The van der Waals surface area contributed by atoms with E-state index in [2.05, 4.69) is 20.6 Å². The fraction of sp³-hybridized carbons (Fsp3) is 0.182. The molecule has 3 rings (SSSR count). The van der Waals surface area contributed by atoms with Gasteiger partial charge in [-0.3, -0.25) is 9.59 Å². The first-order valence-electron chi connectivity index (χ1n) is 9.17. The van der Waals surface area contributed by atoms with Crippen LogP contribution in [0.3, 0.4) is 0 Å². The molecule has 0 aliphatic rings. The number of nitrogens with zero attached hydrogens (tertiary/aromatic N) is 2. The molecular formula is C22H21FN4O2. The number of aromatic nitrogens is 2. The van der Waals surface area contributed by atoms with Crippen LogP contribution < -0.4 is 10.6 Å². The van der Waals surface area contributed by atoms with Crippen molar-refractivity contribution in [1.29, 1.82) is 0 Å². The Morgan fingerprint density at radius 1 is 1.03 bits per heavy atom. The van der Waals surface area contributed by atoms with E-state index in [0.717, 1.165) is 0 Å². The van der Waals surface area contributed by atoms with Crippen molar-refractivity contribution in [3.8, 4) is 0 Å². The summed E-state index contributed by atoms with van der Waals surface area (Å²) in [4.78, 5) is 32.5. The van der Waals surface area contributed by atoms with Crippen LogP contribution in [0.2, 0.25) is 0 Å². The second-order valence-electron chi connectivity index (χ2n) is 6.54. The van der Waals surface area contributed by atoms with Crippen molar-refractivity contribution in [3.63, 3.8) is 0 Å². The van der Waals surface area contributed by atoms with Crippen molar-refractivity contribution in [3.05, 3.63) is 83.1 Å². The Morgan fingerprint density at radius 2 is 1.83 bits per heavy atom. The highest BCUT2D eigenvalue weighted by Gasteiger charge is 2.11. The molecule has 2 N–H and O–H groups in total. The number of nitrogens with one attached hydrogen (secondary N) is 2. The van der Waals surface area contributed by atoms with Crippen LogP contribution in [0.5, 0.6) is 0 Å². The number of halogens is 1. The van der Waals surface area contributed by atoms with Crippen LogP contribution in [0.4, 0.5) is 15.9 Å². The van der Waals surface area contributed by atoms with Crippen LogP contribution in [-0.4, -0.2) is 28.2 Å². The van der Waals surface area contributed by atoms with Gasteiger partial charge in [-0.1, -0.05) is 30.3 Å². The summed E-state index contributed by atoms with van der Waals surface area (Å²) in [6.45, 7) is 3.47. The van der Waals surface area contributed by atoms with E-state index in [0.29, 0.717) is 34.9 Å². The van der Waals surface area contributed by atoms with Crippen molar-refractivity contribution in [2.75, 3.05) is 11.9 Å². The topological polar surface area (TPSA) is 84.0 Å². The molecule has 2 aromatic carbocycles. The molecule has 0 spiro atoms. The molecule has 1 amide bonds. The number of amides is 1. The van der Waals surface area contributed by atoms with E-state index < -0.39 is 0 Å². The number of ketones is 1. The van der Waals surface area contributed by atoms with Crippen LogP contribution >= 0.6 is 0 Å². The number of Topliss-reactive ketones (excluding diaryl/α,β-unsaturated/α-hetero) is 1. The summed E-state index contributed by atoms with van der Waals surface area (Å²) in [7, 11) is 0. The van der Waals surface area contributed by atoms with Gasteiger partial charge in [-0.2, -0.15) is 0 Å². The lowest BCUT2D eigenvalue weighted by atomic mass is 10.1. The average molecular weight is 392 g/mol. The van der Waals surface area contributed by atoms with Crippen molar-refractivity contribution in [2.45, 2.75) is 20.3 Å². The fourth-order valence-corrected chi connectivity index (χ4v) is 2.81. The zero-order valence-corrected chi connectivity index (χ0v) is 16.2. The summed E-state index contributed by atoms with van der Waals surface area (Å²) >= 11 is 0. The largest absolute Gasteiger partial charge is 0.350 e. The number of anilines is 2. The molecule has 0 bridgehead atoms. The van der Waals surface area contributed by atoms with E-state index in [1.807, 2.05) is 0 Å². The number of rotatable bonds is 7. The van der Waals surface area contributed by atoms with Crippen molar-refractivity contribution >= 4 is 23.2 Å². The minimum atomic E-state index is -0.368. The quantitative estimate of drug-likeness (QED) is 0.597. The fourth-order valence-electron chi connectivity index (χ4n) is 2.81. The van der Waals surface area contributed by atoms with E-state index in [4.69, 9.17) is 0 Å². The highest BCUT2D eigenvalue weighted by atomic mass is 19.1. The molecule has 0 unspecified atom stereocenters. The maximum atomic E-state index is 13.7. The Bertz CT molecular complexity index is 1050. The number of aryl methyl sites for hydroxylation is 1. The number of hydrogen-bond donors (Lipinski definition) is 2. The lowest BCUT2D eigenvalue weighted by Gasteiger charge is -2.10. The lowest BCUT2D eigenvalue weighted by molar-refractivity contribution is 0.0947. The molecule has 1 aromatic heterocycles. The predicted molar refractivity (Wildman–Crippen MR) is 109 cm³/mol. The first-order valence-corrected chi connectivity index (χ1v) is 9.17. The third-order valence-electron chi connectivity index (χ3n) is 4.25. The number of benzene rings is 2. The molecular weight excluding hydrogens is 371 g/mol. The molecule has 0 saturated carbocycles.